The molecule has 0 amide bonds. The van der Waals surface area contributed by atoms with Crippen molar-refractivity contribution in [3.63, 3.8) is 0 Å². The van der Waals surface area contributed by atoms with Gasteiger partial charge >= 0.3 is 0 Å². The van der Waals surface area contributed by atoms with E-state index in [1.807, 2.05) is 18.2 Å². The Morgan fingerprint density at radius 3 is 2.19 bits per heavy atom. The highest BCUT2D eigenvalue weighted by atomic mass is 16.5. The van der Waals surface area contributed by atoms with Crippen molar-refractivity contribution in [2.75, 3.05) is 24.5 Å². The molecule has 3 nitrogen and oxygen atoms in total. The van der Waals surface area contributed by atoms with Gasteiger partial charge in [-0.2, -0.15) is 0 Å². The Morgan fingerprint density at radius 2 is 1.53 bits per heavy atom. The van der Waals surface area contributed by atoms with Gasteiger partial charge in [-0.05, 0) is 66.6 Å². The predicted octanol–water partition coefficient (Wildman–Crippen LogP) is 6.09. The lowest BCUT2D eigenvalue weighted by Gasteiger charge is -2.45. The lowest BCUT2D eigenvalue weighted by atomic mass is 9.79. The maximum atomic E-state index is 5.95. The maximum absolute atomic E-state index is 5.95. The van der Waals surface area contributed by atoms with E-state index in [9.17, 15) is 0 Å². The van der Waals surface area contributed by atoms with Gasteiger partial charge in [0.1, 0.15) is 12.4 Å². The first kappa shape index (κ1) is 22.4. The number of rotatable bonds is 9. The maximum Gasteiger partial charge on any atom is 0.119 e. The fourth-order valence-electron chi connectivity index (χ4n) is 4.66. The third-order valence-corrected chi connectivity index (χ3v) is 6.56. The largest absolute Gasteiger partial charge is 0.489 e. The monoisotopic (exact) mass is 428 g/mol. The third kappa shape index (κ3) is 6.14. The van der Waals surface area contributed by atoms with Gasteiger partial charge < -0.3 is 15.0 Å². The summed E-state index contributed by atoms with van der Waals surface area (Å²) in [5.74, 6) is 0.923. The van der Waals surface area contributed by atoms with Crippen LogP contribution in [0.1, 0.15) is 37.8 Å². The van der Waals surface area contributed by atoms with E-state index < -0.39 is 0 Å². The van der Waals surface area contributed by atoms with E-state index in [1.54, 1.807) is 0 Å². The van der Waals surface area contributed by atoms with E-state index in [0.717, 1.165) is 31.8 Å². The lowest BCUT2D eigenvalue weighted by molar-refractivity contribution is 0.205. The van der Waals surface area contributed by atoms with Gasteiger partial charge in [0.15, 0.2) is 0 Å². The Bertz CT molecular complexity index is 938. The molecule has 1 fully saturated rings. The minimum absolute atomic E-state index is 0.230. The molecular weight excluding hydrogens is 392 g/mol. The van der Waals surface area contributed by atoms with E-state index in [0.29, 0.717) is 12.6 Å². The van der Waals surface area contributed by atoms with Crippen LogP contribution in [0.5, 0.6) is 5.75 Å². The van der Waals surface area contributed by atoms with Crippen molar-refractivity contribution in [1.82, 2.24) is 5.32 Å². The Hall–Kier alpha value is -2.78. The summed E-state index contributed by atoms with van der Waals surface area (Å²) in [6.45, 7) is 8.62. The van der Waals surface area contributed by atoms with Gasteiger partial charge in [0.2, 0.25) is 0 Å². The van der Waals surface area contributed by atoms with Gasteiger partial charge in [-0.15, -0.1) is 0 Å². The zero-order valence-electron chi connectivity index (χ0n) is 19.5. The molecule has 1 aliphatic heterocycles. The molecule has 4 rings (SSSR count). The van der Waals surface area contributed by atoms with Crippen LogP contribution in [0.2, 0.25) is 0 Å². The van der Waals surface area contributed by atoms with Crippen molar-refractivity contribution in [3.8, 4) is 5.75 Å². The molecule has 0 saturated carbocycles. The van der Waals surface area contributed by atoms with Crippen molar-refractivity contribution < 1.29 is 4.74 Å². The van der Waals surface area contributed by atoms with Gasteiger partial charge in [0.25, 0.3) is 0 Å². The third-order valence-electron chi connectivity index (χ3n) is 6.56. The number of benzene rings is 3. The molecule has 0 radical (unpaired) electrons. The molecule has 0 aliphatic carbocycles. The number of hydrogen-bond donors (Lipinski definition) is 1. The van der Waals surface area contributed by atoms with Crippen molar-refractivity contribution >= 4 is 5.69 Å². The molecule has 1 saturated heterocycles. The van der Waals surface area contributed by atoms with Gasteiger partial charge in [-0.3, -0.25) is 0 Å². The summed E-state index contributed by atoms with van der Waals surface area (Å²) in [7, 11) is 0. The van der Waals surface area contributed by atoms with Crippen LogP contribution in [0.25, 0.3) is 0 Å². The van der Waals surface area contributed by atoms with E-state index in [-0.39, 0.29) is 5.41 Å². The number of piperidine rings is 1. The second-order valence-electron chi connectivity index (χ2n) is 9.56. The molecular formula is C29H36N2O. The fraction of sp³-hybridized carbons (Fsp3) is 0.379. The summed E-state index contributed by atoms with van der Waals surface area (Å²) in [5.41, 5.74) is 4.14. The lowest BCUT2D eigenvalue weighted by Crippen LogP contribution is -2.54. The van der Waals surface area contributed by atoms with Crippen LogP contribution in [0.4, 0.5) is 5.69 Å². The molecule has 0 spiro atoms. The fourth-order valence-corrected chi connectivity index (χ4v) is 4.66. The Balaban J connectivity index is 1.24. The van der Waals surface area contributed by atoms with Gasteiger partial charge in [-0.25, -0.2) is 0 Å². The molecule has 1 aliphatic rings. The van der Waals surface area contributed by atoms with Crippen molar-refractivity contribution in [2.24, 2.45) is 5.41 Å². The highest BCUT2D eigenvalue weighted by Crippen LogP contribution is 2.33. The van der Waals surface area contributed by atoms with E-state index in [1.165, 1.54) is 29.7 Å². The summed E-state index contributed by atoms with van der Waals surface area (Å²) in [4.78, 5) is 2.52. The zero-order chi connectivity index (χ0) is 22.2. The normalized spacial score (nSPS) is 17.8. The highest BCUT2D eigenvalue weighted by molar-refractivity contribution is 5.50. The average Bonchev–Trinajstić information content (AvgIpc) is 2.82. The molecule has 1 unspecified atom stereocenters. The molecule has 168 valence electrons. The standard InChI is InChI=1S/C29H36N2O/c1-29(2)23-31(21-19-28(29)30-20-9-14-24-10-5-3-6-11-24)26-15-17-27(18-16-26)32-22-25-12-7-4-8-13-25/h3-8,10-13,15-18,28,30H,9,14,19-23H2,1-2H3. The first-order valence-corrected chi connectivity index (χ1v) is 11.9. The van der Waals surface area contributed by atoms with Gasteiger partial charge in [-0.1, -0.05) is 74.5 Å². The van der Waals surface area contributed by atoms with Crippen LogP contribution in [-0.2, 0) is 13.0 Å². The second kappa shape index (κ2) is 10.7. The Kier molecular flexibility index (Phi) is 7.49. The van der Waals surface area contributed by atoms with Crippen molar-refractivity contribution in [3.05, 3.63) is 96.1 Å². The summed E-state index contributed by atoms with van der Waals surface area (Å²) in [6.07, 6.45) is 3.50. The van der Waals surface area contributed by atoms with Crippen LogP contribution >= 0.6 is 0 Å². The number of ether oxygens (including phenoxy) is 1. The highest BCUT2D eigenvalue weighted by Gasteiger charge is 2.35. The number of nitrogens with zero attached hydrogens (tertiary/aromatic N) is 1. The molecule has 0 aromatic heterocycles. The molecule has 1 heterocycles. The first-order valence-electron chi connectivity index (χ1n) is 11.9. The van der Waals surface area contributed by atoms with Gasteiger partial charge in [0.05, 0.1) is 0 Å². The molecule has 3 heteroatoms. The van der Waals surface area contributed by atoms with Crippen molar-refractivity contribution in [1.29, 1.82) is 0 Å². The number of hydrogen-bond acceptors (Lipinski definition) is 3. The van der Waals surface area contributed by atoms with Crippen LogP contribution in [0, 0.1) is 5.41 Å². The van der Waals surface area contributed by atoms with E-state index in [4.69, 9.17) is 4.74 Å². The summed E-state index contributed by atoms with van der Waals surface area (Å²) >= 11 is 0. The van der Waals surface area contributed by atoms with Gasteiger partial charge in [0, 0.05) is 24.8 Å². The Labute approximate surface area is 193 Å². The van der Waals surface area contributed by atoms with Crippen LogP contribution in [-0.4, -0.2) is 25.7 Å². The minimum Gasteiger partial charge on any atom is -0.489 e. The number of nitrogens with one attached hydrogen (secondary N) is 1. The quantitative estimate of drug-likeness (QED) is 0.417. The average molecular weight is 429 g/mol. The molecule has 3 aromatic carbocycles. The van der Waals surface area contributed by atoms with Crippen LogP contribution in [0.15, 0.2) is 84.9 Å². The zero-order valence-corrected chi connectivity index (χ0v) is 19.5. The number of anilines is 1. The number of aryl methyl sites for hydroxylation is 1. The second-order valence-corrected chi connectivity index (χ2v) is 9.56. The van der Waals surface area contributed by atoms with Crippen LogP contribution in [0.3, 0.4) is 0 Å². The van der Waals surface area contributed by atoms with Crippen LogP contribution < -0.4 is 15.0 Å². The first-order chi connectivity index (χ1) is 15.6. The summed E-state index contributed by atoms with van der Waals surface area (Å²) in [5, 5.41) is 3.85. The molecule has 32 heavy (non-hydrogen) atoms. The smallest absolute Gasteiger partial charge is 0.119 e. The minimum atomic E-state index is 0.230. The predicted molar refractivity (Wildman–Crippen MR) is 134 cm³/mol. The molecule has 1 atom stereocenters. The van der Waals surface area contributed by atoms with E-state index >= 15 is 0 Å². The van der Waals surface area contributed by atoms with Crippen molar-refractivity contribution in [2.45, 2.75) is 45.8 Å². The summed E-state index contributed by atoms with van der Waals surface area (Å²) < 4.78 is 5.95. The van der Waals surface area contributed by atoms with E-state index in [2.05, 4.69) is 90.8 Å². The Morgan fingerprint density at radius 1 is 0.875 bits per heavy atom. The topological polar surface area (TPSA) is 24.5 Å². The molecule has 3 aromatic rings. The molecule has 0 bridgehead atoms. The SMILES string of the molecule is CC1(C)CN(c2ccc(OCc3ccccc3)cc2)CCC1NCCCc1ccccc1. The molecule has 1 N–H and O–H groups in total. The summed E-state index contributed by atoms with van der Waals surface area (Å²) in [6, 6.07) is 30.2.